The van der Waals surface area contributed by atoms with Gasteiger partial charge in [-0.2, -0.15) is 0 Å². The predicted octanol–water partition coefficient (Wildman–Crippen LogP) is 3.31. The number of aromatic nitrogens is 2. The lowest BCUT2D eigenvalue weighted by atomic mass is 9.92. The van der Waals surface area contributed by atoms with Gasteiger partial charge in [-0.3, -0.25) is 4.79 Å². The molecule has 0 aliphatic carbocycles. The molecule has 1 aromatic carbocycles. The molecular formula is C19H21ClF2N4O. The van der Waals surface area contributed by atoms with Crippen molar-refractivity contribution < 1.29 is 27.3 Å². The van der Waals surface area contributed by atoms with E-state index in [4.69, 9.17) is 25.3 Å². The van der Waals surface area contributed by atoms with Crippen molar-refractivity contribution in [2.75, 3.05) is 19.5 Å². The number of benzene rings is 1. The molecule has 1 aliphatic rings. The molecule has 3 rings (SSSR count). The van der Waals surface area contributed by atoms with E-state index in [1.807, 2.05) is 0 Å². The lowest BCUT2D eigenvalue weighted by Gasteiger charge is -2.36. The van der Waals surface area contributed by atoms with Crippen LogP contribution in [0, 0.1) is 12.7 Å². The molecule has 0 spiro atoms. The van der Waals surface area contributed by atoms with Gasteiger partial charge in [0.25, 0.3) is 5.91 Å². The average molecular weight is 405 g/mol. The molecule has 27 heavy (non-hydrogen) atoms. The number of amides is 1. The van der Waals surface area contributed by atoms with Crippen molar-refractivity contribution in [3.05, 3.63) is 58.4 Å². The van der Waals surface area contributed by atoms with E-state index in [0.717, 1.165) is 18.2 Å². The number of carbonyl (C=O) groups is 1. The van der Waals surface area contributed by atoms with E-state index >= 15 is 4.39 Å². The minimum atomic E-state index is -4.09. The summed E-state index contributed by atoms with van der Waals surface area (Å²) in [6.45, 7) is -12.4. The van der Waals surface area contributed by atoms with Gasteiger partial charge in [-0.15, -0.1) is 0 Å². The van der Waals surface area contributed by atoms with Crippen LogP contribution in [0.5, 0.6) is 0 Å². The first-order chi connectivity index (χ1) is 16.6. The van der Waals surface area contributed by atoms with Crippen LogP contribution in [0.15, 0.2) is 30.6 Å². The van der Waals surface area contributed by atoms with E-state index in [1.54, 1.807) is 12.2 Å². The number of hydrogen-bond donors (Lipinski definition) is 1. The third-order valence-electron chi connectivity index (χ3n) is 3.43. The van der Waals surface area contributed by atoms with E-state index in [1.165, 1.54) is 12.4 Å². The van der Waals surface area contributed by atoms with Gasteiger partial charge in [0.15, 0.2) is 0 Å². The maximum atomic E-state index is 16.5. The van der Waals surface area contributed by atoms with Crippen LogP contribution in [0.4, 0.5) is 8.78 Å². The maximum Gasteiger partial charge on any atom is 0.253 e. The van der Waals surface area contributed by atoms with Gasteiger partial charge in [0, 0.05) is 61.2 Å². The van der Waals surface area contributed by atoms with Crippen molar-refractivity contribution >= 4 is 17.5 Å². The third-order valence-corrected chi connectivity index (χ3v) is 3.72. The van der Waals surface area contributed by atoms with E-state index in [-0.39, 0.29) is 4.90 Å². The Kier molecular flexibility index (Phi) is 3.19. The summed E-state index contributed by atoms with van der Waals surface area (Å²) in [6, 6.07) is 2.35. The summed E-state index contributed by atoms with van der Waals surface area (Å²) in [5.41, 5.74) is -4.10. The Hall–Kier alpha value is -2.12. The van der Waals surface area contributed by atoms with Crippen LogP contribution in [0.1, 0.15) is 48.2 Å². The Bertz CT molecular complexity index is 1220. The Labute approximate surface area is 175 Å². The highest BCUT2D eigenvalue weighted by atomic mass is 35.5. The van der Waals surface area contributed by atoms with Gasteiger partial charge in [0.05, 0.1) is 14.3 Å². The van der Waals surface area contributed by atoms with E-state index < -0.39 is 72.6 Å². The molecule has 1 unspecified atom stereocenters. The van der Waals surface area contributed by atoms with Crippen LogP contribution in [0.3, 0.4) is 0 Å². The molecule has 0 radical (unpaired) electrons. The number of alkyl halides is 1. The third kappa shape index (κ3) is 4.99. The minimum absolute atomic E-state index is 0.227. The Morgan fingerprint density at radius 1 is 1.44 bits per heavy atom. The summed E-state index contributed by atoms with van der Waals surface area (Å²) in [6.07, 6.45) is -3.32. The van der Waals surface area contributed by atoms with Crippen LogP contribution in [-0.4, -0.2) is 45.9 Å². The molecule has 1 amide bonds. The summed E-state index contributed by atoms with van der Waals surface area (Å²) in [5.74, 6) is -3.08. The number of piperidine rings is 1. The molecule has 144 valence electrons. The monoisotopic (exact) mass is 404 g/mol. The van der Waals surface area contributed by atoms with Crippen molar-refractivity contribution in [1.29, 1.82) is 0 Å². The number of likely N-dealkylation sites (tertiary alicyclic amines) is 1. The molecule has 2 aromatic rings. The predicted molar refractivity (Wildman–Crippen MR) is 98.9 cm³/mol. The van der Waals surface area contributed by atoms with Crippen molar-refractivity contribution in [2.24, 2.45) is 0 Å². The molecule has 1 N–H and O–H groups in total. The average Bonchev–Trinajstić information content (AvgIpc) is 2.73. The van der Waals surface area contributed by atoms with Crippen molar-refractivity contribution in [1.82, 2.24) is 20.2 Å². The first kappa shape index (κ1) is 10.4. The van der Waals surface area contributed by atoms with Crippen molar-refractivity contribution in [3.8, 4) is 0 Å². The van der Waals surface area contributed by atoms with Gasteiger partial charge in [-0.05, 0) is 30.7 Å². The molecule has 8 heteroatoms. The fraction of sp³-hybridized carbons (Fsp3) is 0.421. The number of halogens is 3. The molecule has 2 heterocycles. The lowest BCUT2D eigenvalue weighted by Crippen LogP contribution is -2.48. The van der Waals surface area contributed by atoms with Crippen molar-refractivity contribution in [3.63, 3.8) is 0 Å². The summed E-state index contributed by atoms with van der Waals surface area (Å²) < 4.78 is 112. The molecule has 1 aliphatic heterocycles. The van der Waals surface area contributed by atoms with Gasteiger partial charge in [-0.1, -0.05) is 11.6 Å². The van der Waals surface area contributed by atoms with Crippen LogP contribution in [0.25, 0.3) is 0 Å². The second-order valence-corrected chi connectivity index (χ2v) is 6.01. The van der Waals surface area contributed by atoms with Gasteiger partial charge in [0.2, 0.25) is 0 Å². The molecule has 1 atom stereocenters. The summed E-state index contributed by atoms with van der Waals surface area (Å²) >= 11 is 5.65. The first-order valence-electron chi connectivity index (χ1n) is 12.7. The zero-order valence-corrected chi connectivity index (χ0v) is 14.7. The Morgan fingerprint density at radius 3 is 2.89 bits per heavy atom. The van der Waals surface area contributed by atoms with Crippen LogP contribution in [-0.2, 0) is 6.50 Å². The molecule has 1 saturated heterocycles. The van der Waals surface area contributed by atoms with Crippen LogP contribution < -0.4 is 5.32 Å². The largest absolute Gasteiger partial charge is 0.338 e. The topological polar surface area (TPSA) is 58.1 Å². The normalized spacial score (nSPS) is 32.1. The second kappa shape index (κ2) is 8.27. The smallest absolute Gasteiger partial charge is 0.253 e. The van der Waals surface area contributed by atoms with Crippen LogP contribution in [0.2, 0.25) is 5.02 Å². The van der Waals surface area contributed by atoms with Crippen molar-refractivity contribution in [2.45, 2.75) is 31.9 Å². The number of aryl methyl sites for hydroxylation is 1. The number of nitrogens with zero attached hydrogens (tertiary/aromatic N) is 3. The first-order valence-corrected chi connectivity index (χ1v) is 8.06. The fourth-order valence-corrected chi connectivity index (χ4v) is 2.20. The Balaban J connectivity index is 2.07. The molecular weight excluding hydrogens is 374 g/mol. The zero-order valence-electron chi connectivity index (χ0n) is 24.0. The number of nitrogens with one attached hydrogen (secondary N) is 1. The van der Waals surface area contributed by atoms with E-state index in [0.29, 0.717) is 5.56 Å². The summed E-state index contributed by atoms with van der Waals surface area (Å²) in [5, 5.41) is 1.07. The quantitative estimate of drug-likeness (QED) is 0.830. The Morgan fingerprint density at radius 2 is 2.19 bits per heavy atom. The molecule has 5 nitrogen and oxygen atoms in total. The molecule has 1 aromatic heterocycles. The van der Waals surface area contributed by atoms with Gasteiger partial charge < -0.3 is 10.2 Å². The summed E-state index contributed by atoms with van der Waals surface area (Å²) in [4.78, 5) is 20.3. The highest BCUT2D eigenvalue weighted by molar-refractivity contribution is 6.31. The van der Waals surface area contributed by atoms with Crippen LogP contribution >= 0.6 is 11.6 Å². The lowest BCUT2D eigenvalue weighted by molar-refractivity contribution is 0.0434. The number of carbonyl (C=O) groups excluding carboxylic acids is 1. The standard InChI is InChI=1S/C19H21ClF2N4O/c1-13-9-24-17(25-10-13)11-23-12-19(22)4-6-26(7-5-19)18(27)14-2-3-16(21)15(20)8-14/h2-3,8-10,23H,4-7,11-12H2,1H3/i4D2,6D2,7D2,11D2,12D2. The zero-order chi connectivity index (χ0) is 28.4. The van der Waals surface area contributed by atoms with Gasteiger partial charge in [0.1, 0.15) is 17.3 Å². The molecule has 0 saturated carbocycles. The molecule has 0 bridgehead atoms. The van der Waals surface area contributed by atoms with Gasteiger partial charge in [-0.25, -0.2) is 18.7 Å². The SMILES string of the molecule is [2H]C([2H])(NC([2H])([2H])C1(F)CC([2H])([2H])N(C(=O)c2ccc(F)c(Cl)c2)C([2H])([2H])C1([2H])[2H])c1ncc(C)cn1. The molecule has 1 fully saturated rings. The number of hydrogen-bond acceptors (Lipinski definition) is 4. The number of rotatable bonds is 5. The highest BCUT2D eigenvalue weighted by Crippen LogP contribution is 2.27. The van der Waals surface area contributed by atoms with Gasteiger partial charge >= 0.3 is 0 Å². The minimum Gasteiger partial charge on any atom is -0.338 e. The van der Waals surface area contributed by atoms with E-state index in [2.05, 4.69) is 9.97 Å². The summed E-state index contributed by atoms with van der Waals surface area (Å²) in [7, 11) is 0. The maximum absolute atomic E-state index is 16.5. The highest BCUT2D eigenvalue weighted by Gasteiger charge is 2.36. The van der Waals surface area contributed by atoms with E-state index in [9.17, 15) is 9.18 Å². The fourth-order valence-electron chi connectivity index (χ4n) is 2.02. The second-order valence-electron chi connectivity index (χ2n) is 5.60.